The lowest BCUT2D eigenvalue weighted by molar-refractivity contribution is 0.0949. The lowest BCUT2D eigenvalue weighted by atomic mass is 10.0. The molecule has 0 aliphatic heterocycles. The van der Waals surface area contributed by atoms with Gasteiger partial charge in [0.1, 0.15) is 0 Å². The van der Waals surface area contributed by atoms with Crippen LogP contribution in [-0.4, -0.2) is 28.3 Å². The highest BCUT2D eigenvalue weighted by Crippen LogP contribution is 2.11. The van der Waals surface area contributed by atoms with Crippen molar-refractivity contribution in [3.63, 3.8) is 0 Å². The van der Waals surface area contributed by atoms with Crippen LogP contribution in [0.4, 0.5) is 0 Å². The Morgan fingerprint density at radius 2 is 2.06 bits per heavy atom. The Balaban J connectivity index is 2.61. The summed E-state index contributed by atoms with van der Waals surface area (Å²) in [5, 5.41) is 7.11. The summed E-state index contributed by atoms with van der Waals surface area (Å²) in [5.41, 5.74) is 8.24. The van der Waals surface area contributed by atoms with E-state index >= 15 is 0 Å². The Morgan fingerprint density at radius 1 is 1.44 bits per heavy atom. The number of amides is 1. The van der Waals surface area contributed by atoms with Gasteiger partial charge in [-0.1, -0.05) is 13.8 Å². The van der Waals surface area contributed by atoms with E-state index in [9.17, 15) is 4.79 Å². The van der Waals surface area contributed by atoms with Gasteiger partial charge in [-0.3, -0.25) is 9.48 Å². The smallest absolute Gasteiger partial charge is 0.255 e. The van der Waals surface area contributed by atoms with E-state index in [1.165, 1.54) is 0 Å². The van der Waals surface area contributed by atoms with Gasteiger partial charge in [0.05, 0.1) is 11.3 Å². The summed E-state index contributed by atoms with van der Waals surface area (Å²) in [7, 11) is 1.84. The van der Waals surface area contributed by atoms with Crippen molar-refractivity contribution >= 4 is 5.91 Å². The maximum atomic E-state index is 12.1. The van der Waals surface area contributed by atoms with E-state index in [-0.39, 0.29) is 11.9 Å². The molecule has 102 valence electrons. The summed E-state index contributed by atoms with van der Waals surface area (Å²) in [6.07, 6.45) is 0.908. The number of carbonyl (C=O) groups excluding carboxylic acids is 1. The summed E-state index contributed by atoms with van der Waals surface area (Å²) < 4.78 is 1.72. The molecule has 0 aromatic carbocycles. The molecule has 0 saturated carbocycles. The lowest BCUT2D eigenvalue weighted by Crippen LogP contribution is -2.38. The Kier molecular flexibility index (Phi) is 4.90. The van der Waals surface area contributed by atoms with E-state index in [0.29, 0.717) is 18.0 Å². The monoisotopic (exact) mass is 252 g/mol. The first-order valence-electron chi connectivity index (χ1n) is 6.36. The van der Waals surface area contributed by atoms with Crippen molar-refractivity contribution in [3.05, 3.63) is 17.0 Å². The van der Waals surface area contributed by atoms with Gasteiger partial charge in [0.15, 0.2) is 0 Å². The molecule has 0 aliphatic rings. The minimum atomic E-state index is -0.0858. The highest BCUT2D eigenvalue weighted by Gasteiger charge is 2.17. The average molecular weight is 252 g/mol. The van der Waals surface area contributed by atoms with E-state index in [0.717, 1.165) is 17.8 Å². The molecule has 1 atom stereocenters. The Labute approximate surface area is 109 Å². The number of hydrogen-bond acceptors (Lipinski definition) is 3. The van der Waals surface area contributed by atoms with Gasteiger partial charge in [-0.2, -0.15) is 5.10 Å². The van der Waals surface area contributed by atoms with Crippen LogP contribution in [0, 0.1) is 19.8 Å². The molecule has 1 heterocycles. The van der Waals surface area contributed by atoms with E-state index in [1.807, 2.05) is 20.9 Å². The number of nitrogens with one attached hydrogen (secondary N) is 1. The van der Waals surface area contributed by atoms with Crippen molar-refractivity contribution < 1.29 is 4.79 Å². The van der Waals surface area contributed by atoms with Crippen molar-refractivity contribution in [2.75, 3.05) is 6.54 Å². The van der Waals surface area contributed by atoms with Crippen molar-refractivity contribution in [3.8, 4) is 0 Å². The standard InChI is InChI=1S/C13H24N4O/c1-8(2)6-11(14)7-15-13(18)12-9(3)16-17(5)10(12)4/h8,11H,6-7,14H2,1-5H3,(H,15,18). The number of carbonyl (C=O) groups is 1. The summed E-state index contributed by atoms with van der Waals surface area (Å²) in [5.74, 6) is 0.455. The largest absolute Gasteiger partial charge is 0.350 e. The molecule has 1 unspecified atom stereocenters. The van der Waals surface area contributed by atoms with Gasteiger partial charge in [0.25, 0.3) is 5.91 Å². The SMILES string of the molecule is Cc1nn(C)c(C)c1C(=O)NCC(N)CC(C)C. The molecule has 1 rings (SSSR count). The van der Waals surface area contributed by atoms with E-state index < -0.39 is 0 Å². The van der Waals surface area contributed by atoms with Gasteiger partial charge in [-0.15, -0.1) is 0 Å². The van der Waals surface area contributed by atoms with Gasteiger partial charge in [-0.25, -0.2) is 0 Å². The Hall–Kier alpha value is -1.36. The molecule has 1 aromatic rings. The number of aryl methyl sites for hydroxylation is 2. The molecule has 3 N–H and O–H groups in total. The fraction of sp³-hybridized carbons (Fsp3) is 0.692. The second-order valence-corrected chi connectivity index (χ2v) is 5.27. The molecule has 1 aromatic heterocycles. The first kappa shape index (κ1) is 14.7. The normalized spacial score (nSPS) is 12.8. The van der Waals surface area contributed by atoms with Crippen molar-refractivity contribution in [1.82, 2.24) is 15.1 Å². The van der Waals surface area contributed by atoms with Crippen LogP contribution in [0.2, 0.25) is 0 Å². The summed E-state index contributed by atoms with van der Waals surface area (Å²) in [6.45, 7) is 8.48. The van der Waals surface area contributed by atoms with Crippen LogP contribution in [0.3, 0.4) is 0 Å². The molecular formula is C13H24N4O. The van der Waals surface area contributed by atoms with Gasteiger partial charge in [0.2, 0.25) is 0 Å². The second kappa shape index (κ2) is 6.00. The molecule has 0 spiro atoms. The van der Waals surface area contributed by atoms with Crippen LogP contribution >= 0.6 is 0 Å². The van der Waals surface area contributed by atoms with Crippen LogP contribution in [0.1, 0.15) is 42.0 Å². The maximum absolute atomic E-state index is 12.1. The molecule has 0 bridgehead atoms. The van der Waals surface area contributed by atoms with Crippen LogP contribution in [-0.2, 0) is 7.05 Å². The number of hydrogen-bond donors (Lipinski definition) is 2. The van der Waals surface area contributed by atoms with Crippen molar-refractivity contribution in [2.24, 2.45) is 18.7 Å². The zero-order chi connectivity index (χ0) is 13.9. The minimum Gasteiger partial charge on any atom is -0.350 e. The molecule has 5 heteroatoms. The van der Waals surface area contributed by atoms with Gasteiger partial charge >= 0.3 is 0 Å². The minimum absolute atomic E-state index is 0.00577. The molecule has 5 nitrogen and oxygen atoms in total. The molecule has 0 fully saturated rings. The molecular weight excluding hydrogens is 228 g/mol. The zero-order valence-electron chi connectivity index (χ0n) is 11.9. The summed E-state index contributed by atoms with van der Waals surface area (Å²) in [4.78, 5) is 12.1. The highest BCUT2D eigenvalue weighted by atomic mass is 16.1. The van der Waals surface area contributed by atoms with Crippen molar-refractivity contribution in [1.29, 1.82) is 0 Å². The van der Waals surface area contributed by atoms with E-state index in [4.69, 9.17) is 5.73 Å². The molecule has 0 aliphatic carbocycles. The third-order valence-corrected chi connectivity index (χ3v) is 3.04. The van der Waals surface area contributed by atoms with Gasteiger partial charge in [-0.05, 0) is 26.2 Å². The van der Waals surface area contributed by atoms with Crippen LogP contribution < -0.4 is 11.1 Å². The number of aromatic nitrogens is 2. The lowest BCUT2D eigenvalue weighted by Gasteiger charge is -2.14. The van der Waals surface area contributed by atoms with Crippen LogP contribution in [0.5, 0.6) is 0 Å². The van der Waals surface area contributed by atoms with Crippen LogP contribution in [0.15, 0.2) is 0 Å². The molecule has 18 heavy (non-hydrogen) atoms. The first-order chi connectivity index (χ1) is 8.32. The summed E-state index contributed by atoms with van der Waals surface area (Å²) >= 11 is 0. The predicted molar refractivity (Wildman–Crippen MR) is 72.4 cm³/mol. The van der Waals surface area contributed by atoms with Crippen LogP contribution in [0.25, 0.3) is 0 Å². The average Bonchev–Trinajstić information content (AvgIpc) is 2.49. The third-order valence-electron chi connectivity index (χ3n) is 3.04. The van der Waals surface area contributed by atoms with Gasteiger partial charge < -0.3 is 11.1 Å². The maximum Gasteiger partial charge on any atom is 0.255 e. The fourth-order valence-corrected chi connectivity index (χ4v) is 2.10. The predicted octanol–water partition coefficient (Wildman–Crippen LogP) is 1.14. The van der Waals surface area contributed by atoms with Gasteiger partial charge in [0, 0.05) is 25.3 Å². The second-order valence-electron chi connectivity index (χ2n) is 5.27. The quantitative estimate of drug-likeness (QED) is 0.825. The number of rotatable bonds is 5. The Bertz CT molecular complexity index is 423. The zero-order valence-corrected chi connectivity index (χ0v) is 11.9. The topological polar surface area (TPSA) is 72.9 Å². The highest BCUT2D eigenvalue weighted by molar-refractivity contribution is 5.96. The Morgan fingerprint density at radius 3 is 2.50 bits per heavy atom. The first-order valence-corrected chi connectivity index (χ1v) is 6.36. The van der Waals surface area contributed by atoms with E-state index in [2.05, 4.69) is 24.3 Å². The number of nitrogens with zero attached hydrogens (tertiary/aromatic N) is 2. The van der Waals surface area contributed by atoms with E-state index in [1.54, 1.807) is 4.68 Å². The number of nitrogens with two attached hydrogens (primary N) is 1. The van der Waals surface area contributed by atoms with Crippen molar-refractivity contribution in [2.45, 2.75) is 40.2 Å². The molecule has 0 radical (unpaired) electrons. The fourth-order valence-electron chi connectivity index (χ4n) is 2.10. The third kappa shape index (κ3) is 3.57. The summed E-state index contributed by atoms with van der Waals surface area (Å²) in [6, 6.07) is 0.00577. The molecule has 0 saturated heterocycles. The molecule has 1 amide bonds.